The molecule has 178 valence electrons. The van der Waals surface area contributed by atoms with Crippen LogP contribution < -0.4 is 20.7 Å². The van der Waals surface area contributed by atoms with Crippen LogP contribution in [0.3, 0.4) is 0 Å². The first-order valence-corrected chi connectivity index (χ1v) is 10.3. The minimum absolute atomic E-state index is 0.198. The SMILES string of the molecule is COc1ncc(-c2cnc(N(C(=O)NCC(C)(F)F)[C@H]3CC[C@H](OC(N)=O)CC3)cn2)cn1. The lowest BCUT2D eigenvalue weighted by Crippen LogP contribution is -2.50. The van der Waals surface area contributed by atoms with Crippen molar-refractivity contribution in [3.05, 3.63) is 24.8 Å². The number of nitrogens with two attached hydrogens (primary N) is 1. The highest BCUT2D eigenvalue weighted by Gasteiger charge is 2.33. The predicted octanol–water partition coefficient (Wildman–Crippen LogP) is 2.52. The number of ether oxygens (including phenoxy) is 2. The third kappa shape index (κ3) is 6.67. The number of hydrogen-bond donors (Lipinski definition) is 2. The van der Waals surface area contributed by atoms with Gasteiger partial charge in [-0.15, -0.1) is 0 Å². The van der Waals surface area contributed by atoms with Gasteiger partial charge in [0, 0.05) is 30.9 Å². The zero-order valence-corrected chi connectivity index (χ0v) is 18.2. The van der Waals surface area contributed by atoms with E-state index in [1.807, 2.05) is 0 Å². The van der Waals surface area contributed by atoms with Crippen LogP contribution in [0.25, 0.3) is 11.3 Å². The van der Waals surface area contributed by atoms with Crippen molar-refractivity contribution in [1.82, 2.24) is 25.3 Å². The van der Waals surface area contributed by atoms with Crippen molar-refractivity contribution >= 4 is 17.9 Å². The van der Waals surface area contributed by atoms with Gasteiger partial charge in [0.2, 0.25) is 0 Å². The molecule has 0 aromatic carbocycles. The monoisotopic (exact) mass is 465 g/mol. The van der Waals surface area contributed by atoms with Gasteiger partial charge in [0.25, 0.3) is 5.92 Å². The molecule has 33 heavy (non-hydrogen) atoms. The number of alkyl halides is 2. The maximum absolute atomic E-state index is 13.3. The Balaban J connectivity index is 1.79. The maximum Gasteiger partial charge on any atom is 0.404 e. The van der Waals surface area contributed by atoms with Crippen LogP contribution in [0, 0.1) is 0 Å². The van der Waals surface area contributed by atoms with Crippen LogP contribution in [0.15, 0.2) is 24.8 Å². The Morgan fingerprint density at radius 3 is 2.30 bits per heavy atom. The lowest BCUT2D eigenvalue weighted by atomic mass is 9.92. The molecule has 2 aromatic rings. The summed E-state index contributed by atoms with van der Waals surface area (Å²) in [6, 6.07) is -0.867. The minimum Gasteiger partial charge on any atom is -0.467 e. The number of nitrogens with one attached hydrogen (secondary N) is 1. The van der Waals surface area contributed by atoms with Crippen molar-refractivity contribution in [2.24, 2.45) is 5.73 Å². The number of halogens is 2. The van der Waals surface area contributed by atoms with E-state index in [-0.39, 0.29) is 24.0 Å². The summed E-state index contributed by atoms with van der Waals surface area (Å²) < 4.78 is 36.6. The summed E-state index contributed by atoms with van der Waals surface area (Å²) >= 11 is 0. The number of urea groups is 1. The van der Waals surface area contributed by atoms with E-state index in [9.17, 15) is 18.4 Å². The zero-order valence-electron chi connectivity index (χ0n) is 18.2. The van der Waals surface area contributed by atoms with Crippen LogP contribution in [-0.2, 0) is 4.74 Å². The van der Waals surface area contributed by atoms with Gasteiger partial charge in [-0.05, 0) is 25.7 Å². The molecule has 1 saturated carbocycles. The van der Waals surface area contributed by atoms with Gasteiger partial charge < -0.3 is 20.5 Å². The Morgan fingerprint density at radius 2 is 1.79 bits per heavy atom. The molecule has 0 spiro atoms. The molecule has 1 aliphatic carbocycles. The first kappa shape index (κ1) is 24.0. The summed E-state index contributed by atoms with van der Waals surface area (Å²) in [7, 11) is 1.45. The van der Waals surface area contributed by atoms with E-state index in [4.69, 9.17) is 15.2 Å². The molecule has 2 heterocycles. The highest BCUT2D eigenvalue weighted by Crippen LogP contribution is 2.29. The number of methoxy groups -OCH3 is 1. The topological polar surface area (TPSA) is 145 Å². The van der Waals surface area contributed by atoms with E-state index in [0.717, 1.165) is 6.92 Å². The zero-order chi connectivity index (χ0) is 24.0. The summed E-state index contributed by atoms with van der Waals surface area (Å²) in [5.41, 5.74) is 6.12. The van der Waals surface area contributed by atoms with Crippen molar-refractivity contribution < 1.29 is 27.8 Å². The normalized spacial score (nSPS) is 18.3. The maximum atomic E-state index is 13.3. The highest BCUT2D eigenvalue weighted by molar-refractivity contribution is 5.91. The second-order valence-electron chi connectivity index (χ2n) is 7.68. The van der Waals surface area contributed by atoms with Crippen LogP contribution in [0.2, 0.25) is 0 Å². The molecule has 0 bridgehead atoms. The smallest absolute Gasteiger partial charge is 0.404 e. The number of nitrogens with zero attached hydrogens (tertiary/aromatic N) is 5. The van der Waals surface area contributed by atoms with Gasteiger partial charge in [-0.2, -0.15) is 0 Å². The van der Waals surface area contributed by atoms with Gasteiger partial charge in [-0.1, -0.05) is 0 Å². The molecule has 1 fully saturated rings. The van der Waals surface area contributed by atoms with Crippen LogP contribution >= 0.6 is 0 Å². The number of primary amides is 1. The fourth-order valence-corrected chi connectivity index (χ4v) is 3.51. The minimum atomic E-state index is -3.07. The molecule has 0 saturated heterocycles. The number of carbonyl (C=O) groups is 2. The van der Waals surface area contributed by atoms with Gasteiger partial charge in [0.15, 0.2) is 5.82 Å². The van der Waals surface area contributed by atoms with Crippen molar-refractivity contribution in [3.63, 3.8) is 0 Å². The first-order chi connectivity index (χ1) is 15.7. The molecule has 0 atom stereocenters. The van der Waals surface area contributed by atoms with Crippen LogP contribution in [-0.4, -0.2) is 63.8 Å². The number of carbonyl (C=O) groups excluding carboxylic acids is 2. The number of hydrogen-bond acceptors (Lipinski definition) is 8. The number of aromatic nitrogens is 4. The second-order valence-corrected chi connectivity index (χ2v) is 7.68. The summed E-state index contributed by atoms with van der Waals surface area (Å²) in [6.45, 7) is -0.104. The molecule has 11 nitrogen and oxygen atoms in total. The molecule has 3 rings (SSSR count). The third-order valence-corrected chi connectivity index (χ3v) is 5.05. The third-order valence-electron chi connectivity index (χ3n) is 5.05. The van der Waals surface area contributed by atoms with Gasteiger partial charge in [-0.3, -0.25) is 9.88 Å². The first-order valence-electron chi connectivity index (χ1n) is 10.3. The summed E-state index contributed by atoms with van der Waals surface area (Å²) in [4.78, 5) is 41.8. The lowest BCUT2D eigenvalue weighted by Gasteiger charge is -2.35. The molecule has 13 heteroatoms. The molecule has 3 amide bonds. The van der Waals surface area contributed by atoms with E-state index in [1.54, 1.807) is 0 Å². The summed E-state index contributed by atoms with van der Waals surface area (Å²) in [6.07, 6.45) is 6.51. The van der Waals surface area contributed by atoms with Gasteiger partial charge in [-0.25, -0.2) is 33.3 Å². The van der Waals surface area contributed by atoms with Crippen molar-refractivity contribution in [3.8, 4) is 17.3 Å². The van der Waals surface area contributed by atoms with Crippen LogP contribution in [0.5, 0.6) is 6.01 Å². The van der Waals surface area contributed by atoms with E-state index in [1.165, 1.54) is 36.8 Å². The number of amides is 3. The number of rotatable bonds is 7. The van der Waals surface area contributed by atoms with Gasteiger partial charge in [0.05, 0.1) is 31.7 Å². The van der Waals surface area contributed by atoms with Crippen molar-refractivity contribution in [1.29, 1.82) is 0 Å². The molecule has 1 aliphatic rings. The highest BCUT2D eigenvalue weighted by atomic mass is 19.3. The largest absolute Gasteiger partial charge is 0.467 e. The van der Waals surface area contributed by atoms with Gasteiger partial charge >= 0.3 is 18.1 Å². The van der Waals surface area contributed by atoms with Crippen molar-refractivity contribution in [2.45, 2.75) is 50.7 Å². The Morgan fingerprint density at radius 1 is 1.12 bits per heavy atom. The standard InChI is InChI=1S/C20H25F2N7O4/c1-20(21,22)11-28-19(31)29(13-3-5-14(6-4-13)33-17(23)30)16-10-24-15(9-25-16)12-7-26-18(32-2)27-8-12/h7-10,13-14H,3-6,11H2,1-2H3,(H2,23,30)(H,28,31)/t13-,14-. The Labute approximate surface area is 188 Å². The molecule has 3 N–H and O–H groups in total. The quantitative estimate of drug-likeness (QED) is 0.634. The Hall–Kier alpha value is -3.64. The molecular weight excluding hydrogens is 440 g/mol. The lowest BCUT2D eigenvalue weighted by molar-refractivity contribution is 0.0254. The molecule has 0 unspecified atom stereocenters. The molecule has 2 aromatic heterocycles. The Bertz CT molecular complexity index is 946. The average molecular weight is 465 g/mol. The van der Waals surface area contributed by atoms with E-state index in [0.29, 0.717) is 36.9 Å². The van der Waals surface area contributed by atoms with E-state index < -0.39 is 24.6 Å². The van der Waals surface area contributed by atoms with E-state index >= 15 is 0 Å². The summed E-state index contributed by atoms with van der Waals surface area (Å²) in [5.74, 6) is -2.87. The second kappa shape index (κ2) is 10.3. The fraction of sp³-hybridized carbons (Fsp3) is 0.500. The Kier molecular flexibility index (Phi) is 7.51. The van der Waals surface area contributed by atoms with Gasteiger partial charge in [0.1, 0.15) is 6.10 Å². The summed E-state index contributed by atoms with van der Waals surface area (Å²) in [5, 5.41) is 2.25. The van der Waals surface area contributed by atoms with Crippen LogP contribution in [0.1, 0.15) is 32.6 Å². The molecule has 0 aliphatic heterocycles. The number of anilines is 1. The van der Waals surface area contributed by atoms with Crippen LogP contribution in [0.4, 0.5) is 24.2 Å². The average Bonchev–Trinajstić information content (AvgIpc) is 2.79. The fourth-order valence-electron chi connectivity index (χ4n) is 3.51. The molecular formula is C20H25F2N7O4. The van der Waals surface area contributed by atoms with Crippen molar-refractivity contribution in [2.75, 3.05) is 18.6 Å². The molecule has 0 radical (unpaired) electrons. The van der Waals surface area contributed by atoms with E-state index in [2.05, 4.69) is 25.3 Å². The predicted molar refractivity (Wildman–Crippen MR) is 113 cm³/mol.